The molecule has 0 aromatic heterocycles. The second-order valence-electron chi connectivity index (χ2n) is 4.73. The maximum atomic E-state index is 12.0. The quantitative estimate of drug-likeness (QED) is 0.828. The summed E-state index contributed by atoms with van der Waals surface area (Å²) >= 11 is 0. The topological polar surface area (TPSA) is 60.8 Å². The van der Waals surface area contributed by atoms with Gasteiger partial charge in [-0.1, -0.05) is 6.07 Å². The molecule has 17 heavy (non-hydrogen) atoms. The van der Waals surface area contributed by atoms with E-state index >= 15 is 0 Å². The van der Waals surface area contributed by atoms with Crippen molar-refractivity contribution >= 4 is 5.91 Å². The number of carbonyl (C=O) groups excluding carboxylic acids is 1. The Morgan fingerprint density at radius 3 is 2.76 bits per heavy atom. The minimum Gasteiger partial charge on any atom is -0.508 e. The Bertz CT molecular complexity index is 413. The summed E-state index contributed by atoms with van der Waals surface area (Å²) in [7, 11) is 1.75. The van der Waals surface area contributed by atoms with Crippen LogP contribution in [0.4, 0.5) is 0 Å². The predicted octanol–water partition coefficient (Wildman–Crippen LogP) is 1.24. The number of benzene rings is 1. The van der Waals surface area contributed by atoms with Gasteiger partial charge in [0.25, 0.3) is 5.91 Å². The molecular formula is C13H17NO3. The highest BCUT2D eigenvalue weighted by molar-refractivity contribution is 5.94. The largest absolute Gasteiger partial charge is 0.508 e. The number of phenolic OH excluding ortho intramolecular Hbond substituents is 1. The lowest BCUT2D eigenvalue weighted by Crippen LogP contribution is -2.39. The van der Waals surface area contributed by atoms with Gasteiger partial charge in [0.05, 0.1) is 6.10 Å². The number of nitrogens with zero attached hydrogens (tertiary/aromatic N) is 1. The average molecular weight is 235 g/mol. The third-order valence-corrected chi connectivity index (χ3v) is 3.18. The highest BCUT2D eigenvalue weighted by atomic mass is 16.3. The van der Waals surface area contributed by atoms with Crippen molar-refractivity contribution in [1.82, 2.24) is 4.90 Å². The zero-order chi connectivity index (χ0) is 12.4. The summed E-state index contributed by atoms with van der Waals surface area (Å²) in [6.45, 7) is 0.658. The summed E-state index contributed by atoms with van der Waals surface area (Å²) in [5.74, 6) is 0.405. The molecule has 1 aromatic carbocycles. The Hall–Kier alpha value is -1.55. The number of aromatic hydroxyl groups is 1. The lowest BCUT2D eigenvalue weighted by molar-refractivity contribution is 0.0265. The summed E-state index contributed by atoms with van der Waals surface area (Å²) in [6, 6.07) is 6.35. The number of rotatable bonds is 3. The third kappa shape index (κ3) is 2.77. The van der Waals surface area contributed by atoms with Crippen LogP contribution in [0.5, 0.6) is 5.75 Å². The molecule has 0 saturated heterocycles. The molecule has 2 rings (SSSR count). The summed E-state index contributed by atoms with van der Waals surface area (Å²) in [6.07, 6.45) is 1.36. The van der Waals surface area contributed by atoms with Crippen LogP contribution in [0.25, 0.3) is 0 Å². The molecule has 0 bridgehead atoms. The highest BCUT2D eigenvalue weighted by Gasteiger charge is 2.29. The van der Waals surface area contributed by atoms with Crippen molar-refractivity contribution in [2.75, 3.05) is 13.6 Å². The fourth-order valence-electron chi connectivity index (χ4n) is 2.18. The van der Waals surface area contributed by atoms with Gasteiger partial charge < -0.3 is 15.1 Å². The number of phenols is 1. The lowest BCUT2D eigenvalue weighted by atomic mass is 9.82. The molecule has 0 spiro atoms. The first-order valence-corrected chi connectivity index (χ1v) is 5.79. The van der Waals surface area contributed by atoms with E-state index in [0.29, 0.717) is 18.0 Å². The lowest BCUT2D eigenvalue weighted by Gasteiger charge is -2.34. The Morgan fingerprint density at radius 1 is 1.47 bits per heavy atom. The summed E-state index contributed by atoms with van der Waals surface area (Å²) in [5.41, 5.74) is 0.493. The molecule has 1 aliphatic carbocycles. The van der Waals surface area contributed by atoms with Crippen LogP contribution >= 0.6 is 0 Å². The van der Waals surface area contributed by atoms with Gasteiger partial charge in [0, 0.05) is 19.2 Å². The molecule has 0 unspecified atom stereocenters. The van der Waals surface area contributed by atoms with Crippen molar-refractivity contribution in [3.8, 4) is 5.75 Å². The maximum Gasteiger partial charge on any atom is 0.253 e. The van der Waals surface area contributed by atoms with Crippen molar-refractivity contribution in [3.63, 3.8) is 0 Å². The standard InChI is InChI=1S/C13H17NO3/c1-14(8-9-5-12(16)6-9)13(17)10-3-2-4-11(15)7-10/h2-4,7,9,12,15-16H,5-6,8H2,1H3. The van der Waals surface area contributed by atoms with Gasteiger partial charge in [0.2, 0.25) is 0 Å². The van der Waals surface area contributed by atoms with Gasteiger partial charge in [-0.25, -0.2) is 0 Å². The minimum atomic E-state index is -0.190. The molecule has 0 heterocycles. The molecule has 0 atom stereocenters. The van der Waals surface area contributed by atoms with Gasteiger partial charge in [-0.2, -0.15) is 0 Å². The number of carbonyl (C=O) groups is 1. The maximum absolute atomic E-state index is 12.0. The van der Waals surface area contributed by atoms with E-state index in [9.17, 15) is 15.0 Å². The molecular weight excluding hydrogens is 218 g/mol. The van der Waals surface area contributed by atoms with Gasteiger partial charge in [-0.05, 0) is 37.0 Å². The Morgan fingerprint density at radius 2 is 2.18 bits per heavy atom. The van der Waals surface area contributed by atoms with Crippen LogP contribution in [0.2, 0.25) is 0 Å². The van der Waals surface area contributed by atoms with Crippen LogP contribution in [-0.2, 0) is 0 Å². The van der Waals surface area contributed by atoms with Gasteiger partial charge in [-0.3, -0.25) is 4.79 Å². The van der Waals surface area contributed by atoms with Gasteiger partial charge in [-0.15, -0.1) is 0 Å². The highest BCUT2D eigenvalue weighted by Crippen LogP contribution is 2.28. The fraction of sp³-hybridized carbons (Fsp3) is 0.462. The van der Waals surface area contributed by atoms with Crippen molar-refractivity contribution in [3.05, 3.63) is 29.8 Å². The molecule has 1 fully saturated rings. The normalized spacial score (nSPS) is 22.9. The smallest absolute Gasteiger partial charge is 0.253 e. The molecule has 1 saturated carbocycles. The van der Waals surface area contributed by atoms with E-state index < -0.39 is 0 Å². The summed E-state index contributed by atoms with van der Waals surface area (Å²) < 4.78 is 0. The van der Waals surface area contributed by atoms with E-state index in [1.54, 1.807) is 30.1 Å². The van der Waals surface area contributed by atoms with Crippen molar-refractivity contribution in [2.24, 2.45) is 5.92 Å². The Balaban J connectivity index is 1.95. The number of amides is 1. The minimum absolute atomic E-state index is 0.0951. The SMILES string of the molecule is CN(CC1CC(O)C1)C(=O)c1cccc(O)c1. The zero-order valence-corrected chi connectivity index (χ0v) is 9.84. The van der Waals surface area contributed by atoms with E-state index in [2.05, 4.69) is 0 Å². The molecule has 0 radical (unpaired) electrons. The van der Waals surface area contributed by atoms with E-state index in [-0.39, 0.29) is 17.8 Å². The van der Waals surface area contributed by atoms with Crippen LogP contribution < -0.4 is 0 Å². The Labute approximate surface area is 100 Å². The van der Waals surface area contributed by atoms with Gasteiger partial charge >= 0.3 is 0 Å². The van der Waals surface area contributed by atoms with Gasteiger partial charge in [0.1, 0.15) is 5.75 Å². The summed E-state index contributed by atoms with van der Waals surface area (Å²) in [4.78, 5) is 13.7. The van der Waals surface area contributed by atoms with E-state index in [4.69, 9.17) is 0 Å². The molecule has 1 aromatic rings. The van der Waals surface area contributed by atoms with E-state index in [0.717, 1.165) is 12.8 Å². The molecule has 4 heteroatoms. The third-order valence-electron chi connectivity index (χ3n) is 3.18. The molecule has 0 aliphatic heterocycles. The van der Waals surface area contributed by atoms with Crippen LogP contribution in [-0.4, -0.2) is 40.7 Å². The monoisotopic (exact) mass is 235 g/mol. The van der Waals surface area contributed by atoms with Crippen LogP contribution in [0.1, 0.15) is 23.2 Å². The molecule has 1 aliphatic rings. The fourth-order valence-corrected chi connectivity index (χ4v) is 2.18. The van der Waals surface area contributed by atoms with Crippen molar-refractivity contribution < 1.29 is 15.0 Å². The van der Waals surface area contributed by atoms with Gasteiger partial charge in [0.15, 0.2) is 0 Å². The predicted molar refractivity (Wildman–Crippen MR) is 63.8 cm³/mol. The second kappa shape index (κ2) is 4.75. The first-order valence-electron chi connectivity index (χ1n) is 5.79. The van der Waals surface area contributed by atoms with Crippen molar-refractivity contribution in [2.45, 2.75) is 18.9 Å². The van der Waals surface area contributed by atoms with Crippen LogP contribution in [0.15, 0.2) is 24.3 Å². The van der Waals surface area contributed by atoms with Crippen LogP contribution in [0, 0.1) is 5.92 Å². The molecule has 92 valence electrons. The Kier molecular flexibility index (Phi) is 3.33. The zero-order valence-electron chi connectivity index (χ0n) is 9.84. The molecule has 4 nitrogen and oxygen atoms in total. The first-order chi connectivity index (χ1) is 8.06. The van der Waals surface area contributed by atoms with Crippen molar-refractivity contribution in [1.29, 1.82) is 0 Å². The van der Waals surface area contributed by atoms with E-state index in [1.165, 1.54) is 6.07 Å². The van der Waals surface area contributed by atoms with E-state index in [1.807, 2.05) is 0 Å². The molecule has 1 amide bonds. The molecule has 2 N–H and O–H groups in total. The van der Waals surface area contributed by atoms with Crippen LogP contribution in [0.3, 0.4) is 0 Å². The number of hydrogen-bond donors (Lipinski definition) is 2. The average Bonchev–Trinajstić information content (AvgIpc) is 2.26. The second-order valence-corrected chi connectivity index (χ2v) is 4.73. The number of hydrogen-bond acceptors (Lipinski definition) is 3. The number of aliphatic hydroxyl groups excluding tert-OH is 1. The summed E-state index contributed by atoms with van der Waals surface area (Å²) in [5, 5.41) is 18.5. The number of aliphatic hydroxyl groups is 1. The first kappa shape index (κ1) is 11.9.